The maximum absolute atomic E-state index is 9.90. The molecule has 1 fully saturated rings. The average Bonchev–Trinajstić information content (AvgIpc) is 3.36. The topological polar surface area (TPSA) is 111 Å². The van der Waals surface area contributed by atoms with Crippen LogP contribution in [0.5, 0.6) is 0 Å². The molecule has 0 radical (unpaired) electrons. The number of fused-ring (bicyclic) bond motifs is 2. The Morgan fingerprint density at radius 3 is 2.86 bits per heavy atom. The first-order valence-corrected chi connectivity index (χ1v) is 12.3. The number of benzene rings is 2. The predicted molar refractivity (Wildman–Crippen MR) is 138 cm³/mol. The summed E-state index contributed by atoms with van der Waals surface area (Å²) in [6.45, 7) is 0.630. The monoisotopic (exact) mass is 501 g/mol. The zero-order valence-corrected chi connectivity index (χ0v) is 20.1. The molecule has 0 bridgehead atoms. The minimum atomic E-state index is -0.353. The molecule has 0 aliphatic carbocycles. The van der Waals surface area contributed by atoms with Gasteiger partial charge in [0.25, 0.3) is 0 Å². The number of aliphatic hydroxyl groups excluding tert-OH is 1. The molecule has 2 aromatic carbocycles. The van der Waals surface area contributed by atoms with Gasteiger partial charge in [-0.05, 0) is 49.1 Å². The lowest BCUT2D eigenvalue weighted by atomic mass is 10.1. The van der Waals surface area contributed by atoms with Crippen molar-refractivity contribution in [3.05, 3.63) is 71.8 Å². The van der Waals surface area contributed by atoms with Crippen molar-refractivity contribution in [3.8, 4) is 11.3 Å². The molecule has 1 saturated heterocycles. The van der Waals surface area contributed by atoms with Gasteiger partial charge in [-0.15, -0.1) is 0 Å². The lowest BCUT2D eigenvalue weighted by Gasteiger charge is -2.22. The van der Waals surface area contributed by atoms with Gasteiger partial charge in [-0.3, -0.25) is 4.98 Å². The zero-order chi connectivity index (χ0) is 24.5. The van der Waals surface area contributed by atoms with E-state index in [1.54, 1.807) is 24.8 Å². The van der Waals surface area contributed by atoms with Crippen LogP contribution in [0.1, 0.15) is 37.1 Å². The third-order valence-electron chi connectivity index (χ3n) is 6.39. The molecule has 4 heterocycles. The number of aromatic nitrogens is 6. The molecule has 2 atom stereocenters. The van der Waals surface area contributed by atoms with E-state index in [0.29, 0.717) is 10.8 Å². The number of aliphatic hydroxyl groups is 1. The van der Waals surface area contributed by atoms with Crippen LogP contribution < -0.4 is 5.32 Å². The van der Waals surface area contributed by atoms with Crippen LogP contribution in [0.3, 0.4) is 0 Å². The fourth-order valence-electron chi connectivity index (χ4n) is 4.58. The van der Waals surface area contributed by atoms with Crippen molar-refractivity contribution in [2.24, 2.45) is 0 Å². The molecule has 0 saturated carbocycles. The van der Waals surface area contributed by atoms with E-state index in [2.05, 4.69) is 30.4 Å². The minimum absolute atomic E-state index is 0.0953. The van der Waals surface area contributed by atoms with Gasteiger partial charge in [0.15, 0.2) is 11.9 Å². The van der Waals surface area contributed by atoms with Crippen LogP contribution in [-0.2, 0) is 4.74 Å². The Morgan fingerprint density at radius 1 is 1.08 bits per heavy atom. The predicted octanol–water partition coefficient (Wildman–Crippen LogP) is 4.93. The summed E-state index contributed by atoms with van der Waals surface area (Å²) >= 11 is 6.11. The number of rotatable bonds is 6. The fourth-order valence-corrected chi connectivity index (χ4v) is 4.78. The Kier molecular flexibility index (Phi) is 6.18. The Bertz CT molecular complexity index is 1530. The van der Waals surface area contributed by atoms with Crippen molar-refractivity contribution in [2.45, 2.75) is 31.5 Å². The molecule has 36 heavy (non-hydrogen) atoms. The highest BCUT2D eigenvalue weighted by Gasteiger charge is 2.21. The van der Waals surface area contributed by atoms with E-state index < -0.39 is 0 Å². The molecule has 3 aromatic heterocycles. The molecule has 1 aliphatic heterocycles. The molecule has 9 nitrogen and oxygen atoms in total. The second-order valence-electron chi connectivity index (χ2n) is 8.76. The highest BCUT2D eigenvalue weighted by molar-refractivity contribution is 6.30. The van der Waals surface area contributed by atoms with Crippen molar-refractivity contribution in [1.29, 1.82) is 0 Å². The quantitative estimate of drug-likeness (QED) is 0.337. The lowest BCUT2D eigenvalue weighted by molar-refractivity contribution is -0.0370. The summed E-state index contributed by atoms with van der Waals surface area (Å²) in [4.78, 5) is 18.3. The number of hydrogen-bond donors (Lipinski definition) is 2. The first kappa shape index (κ1) is 22.8. The van der Waals surface area contributed by atoms with Crippen LogP contribution in [-0.4, -0.2) is 48.0 Å². The van der Waals surface area contributed by atoms with Gasteiger partial charge < -0.3 is 15.2 Å². The van der Waals surface area contributed by atoms with E-state index in [1.807, 2.05) is 41.1 Å². The normalized spacial score (nSPS) is 16.9. The van der Waals surface area contributed by atoms with Gasteiger partial charge in [0, 0.05) is 17.2 Å². The fraction of sp³-hybridized carbons (Fsp3) is 0.269. The van der Waals surface area contributed by atoms with E-state index in [-0.39, 0.29) is 18.9 Å². The number of halogens is 1. The molecule has 0 amide bonds. The van der Waals surface area contributed by atoms with E-state index in [9.17, 15) is 5.11 Å². The van der Waals surface area contributed by atoms with E-state index in [0.717, 1.165) is 64.8 Å². The highest BCUT2D eigenvalue weighted by atomic mass is 35.5. The van der Waals surface area contributed by atoms with E-state index in [1.165, 1.54) is 0 Å². The van der Waals surface area contributed by atoms with Gasteiger partial charge in [0.2, 0.25) is 0 Å². The summed E-state index contributed by atoms with van der Waals surface area (Å²) in [5.41, 5.74) is 4.78. The number of nitrogens with zero attached hydrogens (tertiary/aromatic N) is 6. The second-order valence-corrected chi connectivity index (χ2v) is 9.20. The van der Waals surface area contributed by atoms with Gasteiger partial charge in [-0.1, -0.05) is 29.8 Å². The Hall–Kier alpha value is -3.66. The molecule has 6 rings (SSSR count). The molecule has 182 valence electrons. The standard InChI is InChI=1S/C26H24ClN7O2/c27-18-5-3-4-16(10-18)22(14-35)33-23-13-28-21-11-17(7-8-20(21)32-23)25-19-12-31-34(26(19)30-15-29-25)24-6-1-2-9-36-24/h3-5,7-8,10-13,15,22,24,35H,1-2,6,9,14H2,(H,32,33)/t22-,24?/m1/s1. The average molecular weight is 502 g/mol. The molecule has 0 spiro atoms. The first-order valence-electron chi connectivity index (χ1n) is 11.9. The maximum atomic E-state index is 9.90. The summed E-state index contributed by atoms with van der Waals surface area (Å²) in [5.74, 6) is 0.562. The Labute approximate surface area is 212 Å². The molecule has 5 aromatic rings. The summed E-state index contributed by atoms with van der Waals surface area (Å²) in [6, 6.07) is 12.9. The van der Waals surface area contributed by atoms with Gasteiger partial charge >= 0.3 is 0 Å². The minimum Gasteiger partial charge on any atom is -0.394 e. The summed E-state index contributed by atoms with van der Waals surface area (Å²) < 4.78 is 7.77. The second kappa shape index (κ2) is 9.77. The largest absolute Gasteiger partial charge is 0.394 e. The smallest absolute Gasteiger partial charge is 0.164 e. The zero-order valence-electron chi connectivity index (χ0n) is 19.4. The summed E-state index contributed by atoms with van der Waals surface area (Å²) in [7, 11) is 0. The first-order chi connectivity index (χ1) is 17.7. The number of ether oxygens (including phenoxy) is 1. The number of anilines is 1. The summed E-state index contributed by atoms with van der Waals surface area (Å²) in [6.07, 6.45) is 8.04. The Morgan fingerprint density at radius 2 is 2.03 bits per heavy atom. The van der Waals surface area contributed by atoms with Crippen LogP contribution >= 0.6 is 11.6 Å². The highest BCUT2D eigenvalue weighted by Crippen LogP contribution is 2.31. The van der Waals surface area contributed by atoms with Crippen molar-refractivity contribution >= 4 is 39.5 Å². The Balaban J connectivity index is 1.30. The third kappa shape index (κ3) is 4.37. The third-order valence-corrected chi connectivity index (χ3v) is 6.63. The van der Waals surface area contributed by atoms with Crippen molar-refractivity contribution in [3.63, 3.8) is 0 Å². The molecular weight excluding hydrogens is 478 g/mol. The van der Waals surface area contributed by atoms with Crippen LogP contribution in [0.4, 0.5) is 5.82 Å². The number of hydrogen-bond acceptors (Lipinski definition) is 8. The SMILES string of the molecule is OC[C@@H](Nc1cnc2cc(-c3ncnc4c3cnn4C3CCCCO3)ccc2n1)c1cccc(Cl)c1. The van der Waals surface area contributed by atoms with Crippen LogP contribution in [0.15, 0.2) is 61.2 Å². The lowest BCUT2D eigenvalue weighted by Crippen LogP contribution is -2.19. The maximum Gasteiger partial charge on any atom is 0.164 e. The molecular formula is C26H24ClN7O2. The molecule has 10 heteroatoms. The van der Waals surface area contributed by atoms with Gasteiger partial charge in [0.1, 0.15) is 12.1 Å². The van der Waals surface area contributed by atoms with Crippen LogP contribution in [0.25, 0.3) is 33.3 Å². The van der Waals surface area contributed by atoms with Crippen molar-refractivity contribution in [2.75, 3.05) is 18.5 Å². The van der Waals surface area contributed by atoms with Gasteiger partial charge in [-0.25, -0.2) is 19.6 Å². The molecule has 1 aliphatic rings. The van der Waals surface area contributed by atoms with Crippen molar-refractivity contribution in [1.82, 2.24) is 29.7 Å². The molecule has 1 unspecified atom stereocenters. The molecule has 2 N–H and O–H groups in total. The van der Waals surface area contributed by atoms with Gasteiger partial charge in [0.05, 0.1) is 47.2 Å². The van der Waals surface area contributed by atoms with E-state index in [4.69, 9.17) is 16.3 Å². The van der Waals surface area contributed by atoms with Gasteiger partial charge in [-0.2, -0.15) is 5.10 Å². The van der Waals surface area contributed by atoms with E-state index >= 15 is 0 Å². The van der Waals surface area contributed by atoms with Crippen LogP contribution in [0.2, 0.25) is 5.02 Å². The van der Waals surface area contributed by atoms with Crippen LogP contribution in [0, 0.1) is 0 Å². The summed E-state index contributed by atoms with van der Waals surface area (Å²) in [5, 5.41) is 19.2. The van der Waals surface area contributed by atoms with Crippen molar-refractivity contribution < 1.29 is 9.84 Å². The number of nitrogens with one attached hydrogen (secondary N) is 1.